The molecule has 3 amide bonds. The first-order valence-electron chi connectivity index (χ1n) is 7.75. The second-order valence-corrected chi connectivity index (χ2v) is 7.05. The quantitative estimate of drug-likeness (QED) is 0.798. The molecule has 1 aliphatic rings. The highest BCUT2D eigenvalue weighted by Gasteiger charge is 2.51. The van der Waals surface area contributed by atoms with Gasteiger partial charge in [0.05, 0.1) is 6.54 Å². The molecule has 1 atom stereocenters. The Labute approximate surface area is 149 Å². The van der Waals surface area contributed by atoms with E-state index in [1.54, 1.807) is 0 Å². The van der Waals surface area contributed by atoms with E-state index in [0.717, 1.165) is 29.9 Å². The minimum atomic E-state index is -1.02. The van der Waals surface area contributed by atoms with Gasteiger partial charge in [0, 0.05) is 11.5 Å². The lowest BCUT2D eigenvalue weighted by Crippen LogP contribution is -2.44. The largest absolute Gasteiger partial charge is 0.325 e. The summed E-state index contributed by atoms with van der Waals surface area (Å²) in [4.78, 5) is 26.8. The molecule has 0 radical (unpaired) electrons. The summed E-state index contributed by atoms with van der Waals surface area (Å²) < 4.78 is 4.14. The molecule has 0 spiro atoms. The molecule has 1 saturated heterocycles. The Morgan fingerprint density at radius 3 is 2.67 bits per heavy atom. The number of urea groups is 1. The van der Waals surface area contributed by atoms with Crippen LogP contribution in [0.25, 0.3) is 0 Å². The SMILES string of the molecule is CCCCC1(c2ccccc2)NC(=O)N(Cc2nnsc2Cl)C1=O. The fourth-order valence-corrected chi connectivity index (χ4v) is 3.50. The third kappa shape index (κ3) is 2.89. The van der Waals surface area contributed by atoms with Gasteiger partial charge in [0.15, 0.2) is 0 Å². The van der Waals surface area contributed by atoms with Crippen molar-refractivity contribution in [1.29, 1.82) is 0 Å². The van der Waals surface area contributed by atoms with Gasteiger partial charge >= 0.3 is 6.03 Å². The molecule has 1 aliphatic heterocycles. The highest BCUT2D eigenvalue weighted by Crippen LogP contribution is 2.35. The van der Waals surface area contributed by atoms with Crippen LogP contribution in [0.5, 0.6) is 0 Å². The highest BCUT2D eigenvalue weighted by atomic mass is 35.5. The molecule has 126 valence electrons. The summed E-state index contributed by atoms with van der Waals surface area (Å²) in [6.45, 7) is 2.08. The van der Waals surface area contributed by atoms with Crippen molar-refractivity contribution in [2.45, 2.75) is 38.3 Å². The summed E-state index contributed by atoms with van der Waals surface area (Å²) >= 11 is 7.04. The summed E-state index contributed by atoms with van der Waals surface area (Å²) in [6, 6.07) is 8.93. The predicted octanol–water partition coefficient (Wildman–Crippen LogP) is 3.33. The number of nitrogens with zero attached hydrogens (tertiary/aromatic N) is 3. The highest BCUT2D eigenvalue weighted by molar-refractivity contribution is 7.10. The molecule has 1 unspecified atom stereocenters. The van der Waals surface area contributed by atoms with Crippen LogP contribution >= 0.6 is 23.1 Å². The van der Waals surface area contributed by atoms with Crippen LogP contribution in [-0.2, 0) is 16.9 Å². The van der Waals surface area contributed by atoms with Crippen molar-refractivity contribution in [3.8, 4) is 0 Å². The molecule has 1 aromatic carbocycles. The van der Waals surface area contributed by atoms with Crippen molar-refractivity contribution in [3.05, 3.63) is 45.9 Å². The van der Waals surface area contributed by atoms with E-state index in [0.29, 0.717) is 16.5 Å². The van der Waals surface area contributed by atoms with Gasteiger partial charge < -0.3 is 5.32 Å². The molecule has 3 rings (SSSR count). The number of aromatic nitrogens is 2. The van der Waals surface area contributed by atoms with Crippen molar-refractivity contribution in [3.63, 3.8) is 0 Å². The number of hydrogen-bond acceptors (Lipinski definition) is 5. The van der Waals surface area contributed by atoms with E-state index in [1.807, 2.05) is 30.3 Å². The molecule has 0 bridgehead atoms. The lowest BCUT2D eigenvalue weighted by Gasteiger charge is -2.27. The molecule has 6 nitrogen and oxygen atoms in total. The first kappa shape index (κ1) is 16.9. The minimum absolute atomic E-state index is 0.0285. The second-order valence-electron chi connectivity index (χ2n) is 5.69. The maximum atomic E-state index is 13.1. The van der Waals surface area contributed by atoms with Crippen molar-refractivity contribution < 1.29 is 9.59 Å². The van der Waals surface area contributed by atoms with Gasteiger partial charge in [-0.25, -0.2) is 4.79 Å². The van der Waals surface area contributed by atoms with Gasteiger partial charge in [0.1, 0.15) is 15.6 Å². The molecule has 1 N–H and O–H groups in total. The summed E-state index contributed by atoms with van der Waals surface area (Å²) in [6.07, 6.45) is 2.31. The van der Waals surface area contributed by atoms with Crippen molar-refractivity contribution in [2.75, 3.05) is 0 Å². The van der Waals surface area contributed by atoms with Gasteiger partial charge in [0.25, 0.3) is 5.91 Å². The van der Waals surface area contributed by atoms with Crippen LogP contribution in [0.4, 0.5) is 4.79 Å². The van der Waals surface area contributed by atoms with Crippen molar-refractivity contribution in [1.82, 2.24) is 19.8 Å². The van der Waals surface area contributed by atoms with E-state index in [9.17, 15) is 9.59 Å². The van der Waals surface area contributed by atoms with Crippen LogP contribution in [0.15, 0.2) is 30.3 Å². The van der Waals surface area contributed by atoms with Gasteiger partial charge in [-0.05, 0) is 12.0 Å². The number of unbranched alkanes of at least 4 members (excludes halogenated alkanes) is 1. The van der Waals surface area contributed by atoms with Gasteiger partial charge in [-0.2, -0.15) is 0 Å². The number of carbonyl (C=O) groups is 2. The van der Waals surface area contributed by atoms with E-state index < -0.39 is 11.6 Å². The first-order chi connectivity index (χ1) is 11.6. The Kier molecular flexibility index (Phi) is 4.82. The standard InChI is InChI=1S/C16H17ClN4O2S/c1-2-3-9-16(11-7-5-4-6-8-11)14(22)21(15(23)18-16)10-12-13(17)24-20-19-12/h4-8H,2-3,9-10H2,1H3,(H,18,23). The number of carbonyl (C=O) groups excluding carboxylic acids is 2. The van der Waals surface area contributed by atoms with Gasteiger partial charge in [-0.1, -0.05) is 66.2 Å². The number of imide groups is 1. The average Bonchev–Trinajstić information content (AvgIpc) is 3.11. The van der Waals surface area contributed by atoms with E-state index in [2.05, 4.69) is 21.8 Å². The maximum Gasteiger partial charge on any atom is 0.325 e. The molecule has 2 aromatic rings. The fraction of sp³-hybridized carbons (Fsp3) is 0.375. The Bertz CT molecular complexity index is 752. The van der Waals surface area contributed by atoms with E-state index in [1.165, 1.54) is 4.90 Å². The summed E-state index contributed by atoms with van der Waals surface area (Å²) in [7, 11) is 0. The zero-order valence-corrected chi connectivity index (χ0v) is 14.7. The van der Waals surface area contributed by atoms with Crippen molar-refractivity contribution >= 4 is 35.1 Å². The lowest BCUT2D eigenvalue weighted by molar-refractivity contribution is -0.132. The number of halogens is 1. The van der Waals surface area contributed by atoms with Crippen LogP contribution in [-0.4, -0.2) is 26.4 Å². The van der Waals surface area contributed by atoms with Gasteiger partial charge in [-0.15, -0.1) is 5.10 Å². The fourth-order valence-electron chi connectivity index (χ4n) is 2.88. The van der Waals surface area contributed by atoms with Crippen molar-refractivity contribution in [2.24, 2.45) is 0 Å². The first-order valence-corrected chi connectivity index (χ1v) is 8.90. The third-order valence-corrected chi connectivity index (χ3v) is 5.15. The van der Waals surface area contributed by atoms with Gasteiger partial charge in [-0.3, -0.25) is 9.69 Å². The van der Waals surface area contributed by atoms with E-state index in [-0.39, 0.29) is 12.5 Å². The number of rotatable bonds is 6. The number of hydrogen-bond donors (Lipinski definition) is 1. The summed E-state index contributed by atoms with van der Waals surface area (Å²) in [5.74, 6) is -0.267. The predicted molar refractivity (Wildman–Crippen MR) is 91.6 cm³/mol. The topological polar surface area (TPSA) is 75.2 Å². The molecule has 0 aliphatic carbocycles. The molecule has 8 heteroatoms. The second kappa shape index (κ2) is 6.86. The maximum absolute atomic E-state index is 13.1. The molecular weight excluding hydrogens is 348 g/mol. The van der Waals surface area contributed by atoms with Gasteiger partial charge in [0.2, 0.25) is 0 Å². The number of nitrogens with one attached hydrogen (secondary N) is 1. The number of benzene rings is 1. The van der Waals surface area contributed by atoms with Crippen LogP contribution in [0.3, 0.4) is 0 Å². The summed E-state index contributed by atoms with van der Waals surface area (Å²) in [5.41, 5.74) is 0.205. The molecule has 2 heterocycles. The van der Waals surface area contributed by atoms with Crippen LogP contribution in [0, 0.1) is 0 Å². The molecule has 1 fully saturated rings. The zero-order chi connectivity index (χ0) is 17.2. The van der Waals surface area contributed by atoms with E-state index >= 15 is 0 Å². The van der Waals surface area contributed by atoms with Crippen LogP contribution < -0.4 is 5.32 Å². The monoisotopic (exact) mass is 364 g/mol. The zero-order valence-electron chi connectivity index (χ0n) is 13.2. The average molecular weight is 365 g/mol. The molecule has 24 heavy (non-hydrogen) atoms. The Balaban J connectivity index is 1.94. The minimum Gasteiger partial charge on any atom is -0.319 e. The normalized spacial score (nSPS) is 20.5. The van der Waals surface area contributed by atoms with Crippen LogP contribution in [0.2, 0.25) is 4.34 Å². The molecule has 1 aromatic heterocycles. The number of amides is 3. The Hall–Kier alpha value is -1.99. The molecular formula is C16H17ClN4O2S. The Morgan fingerprint density at radius 2 is 2.04 bits per heavy atom. The lowest BCUT2D eigenvalue weighted by atomic mass is 9.85. The molecule has 0 saturated carbocycles. The Morgan fingerprint density at radius 1 is 1.29 bits per heavy atom. The summed E-state index contributed by atoms with van der Waals surface area (Å²) in [5, 5.41) is 6.79. The van der Waals surface area contributed by atoms with E-state index in [4.69, 9.17) is 11.6 Å². The smallest absolute Gasteiger partial charge is 0.319 e. The van der Waals surface area contributed by atoms with Crippen LogP contribution in [0.1, 0.15) is 37.4 Å². The third-order valence-electron chi connectivity index (χ3n) is 4.16.